The van der Waals surface area contributed by atoms with Gasteiger partial charge in [-0.25, -0.2) is 0 Å². The van der Waals surface area contributed by atoms with Gasteiger partial charge in [-0.05, 0) is 86.7 Å². The molecule has 0 radical (unpaired) electrons. The molecule has 0 atom stereocenters. The Bertz CT molecular complexity index is 1130. The van der Waals surface area contributed by atoms with Crippen molar-refractivity contribution in [1.29, 1.82) is 0 Å². The van der Waals surface area contributed by atoms with Crippen LogP contribution in [0.4, 0.5) is 5.69 Å². The van der Waals surface area contributed by atoms with E-state index in [1.165, 1.54) is 0 Å². The zero-order chi connectivity index (χ0) is 22.6. The van der Waals surface area contributed by atoms with Crippen molar-refractivity contribution in [3.63, 3.8) is 0 Å². The summed E-state index contributed by atoms with van der Waals surface area (Å²) >= 11 is 5.45. The van der Waals surface area contributed by atoms with Crippen molar-refractivity contribution >= 4 is 28.7 Å². The molecule has 1 aliphatic rings. The lowest BCUT2D eigenvalue weighted by Gasteiger charge is -2.31. The highest BCUT2D eigenvalue weighted by Crippen LogP contribution is 2.36. The SMILES string of the molecule is COc1ccc2c(c1)C(NNC(=S)Nc1ccc(Oc3ccccc3)cc1)=CC(C)(C)O2. The van der Waals surface area contributed by atoms with Crippen LogP contribution >= 0.6 is 12.2 Å². The fourth-order valence-electron chi connectivity index (χ4n) is 3.29. The molecule has 0 unspecified atom stereocenters. The summed E-state index contributed by atoms with van der Waals surface area (Å²) in [5.41, 5.74) is 8.36. The molecule has 0 saturated carbocycles. The highest BCUT2D eigenvalue weighted by atomic mass is 32.1. The molecule has 0 spiro atoms. The van der Waals surface area contributed by atoms with Crippen LogP contribution < -0.4 is 30.4 Å². The molecule has 0 bridgehead atoms. The highest BCUT2D eigenvalue weighted by molar-refractivity contribution is 7.80. The maximum absolute atomic E-state index is 6.05. The smallest absolute Gasteiger partial charge is 0.189 e. The van der Waals surface area contributed by atoms with E-state index in [0.717, 1.165) is 39.9 Å². The number of hydrogen-bond acceptors (Lipinski definition) is 5. The molecule has 0 aromatic heterocycles. The predicted molar refractivity (Wildman–Crippen MR) is 131 cm³/mol. The Balaban J connectivity index is 1.38. The largest absolute Gasteiger partial charge is 0.497 e. The Labute approximate surface area is 193 Å². The van der Waals surface area contributed by atoms with Crippen molar-refractivity contribution in [2.45, 2.75) is 19.4 Å². The summed E-state index contributed by atoms with van der Waals surface area (Å²) in [4.78, 5) is 0. The third kappa shape index (κ3) is 5.31. The first-order valence-electron chi connectivity index (χ1n) is 10.2. The van der Waals surface area contributed by atoms with Gasteiger partial charge in [0, 0.05) is 11.3 Å². The Morgan fingerprint density at radius 1 is 0.906 bits per heavy atom. The maximum Gasteiger partial charge on any atom is 0.189 e. The van der Waals surface area contributed by atoms with E-state index < -0.39 is 5.60 Å². The van der Waals surface area contributed by atoms with E-state index in [4.69, 9.17) is 26.4 Å². The first-order chi connectivity index (χ1) is 15.4. The van der Waals surface area contributed by atoms with Crippen LogP contribution in [0, 0.1) is 0 Å². The van der Waals surface area contributed by atoms with Gasteiger partial charge < -0.3 is 19.5 Å². The van der Waals surface area contributed by atoms with E-state index in [1.54, 1.807) is 7.11 Å². The van der Waals surface area contributed by atoms with Gasteiger partial charge in [-0.2, -0.15) is 0 Å². The van der Waals surface area contributed by atoms with Crippen molar-refractivity contribution in [3.05, 3.63) is 84.4 Å². The molecule has 7 heteroatoms. The first-order valence-corrected chi connectivity index (χ1v) is 10.6. The van der Waals surface area contributed by atoms with E-state index in [1.807, 2.05) is 92.7 Å². The number of hydrogen-bond donors (Lipinski definition) is 3. The monoisotopic (exact) mass is 447 g/mol. The van der Waals surface area contributed by atoms with E-state index >= 15 is 0 Å². The number of hydrazine groups is 1. The number of rotatable bonds is 6. The average Bonchev–Trinajstić information content (AvgIpc) is 2.78. The summed E-state index contributed by atoms with van der Waals surface area (Å²) in [6.07, 6.45) is 2.00. The van der Waals surface area contributed by atoms with Gasteiger partial charge in [-0.3, -0.25) is 10.9 Å². The second-order valence-electron chi connectivity index (χ2n) is 7.77. The zero-order valence-corrected chi connectivity index (χ0v) is 19.0. The minimum absolute atomic E-state index is 0.427. The maximum atomic E-state index is 6.05. The summed E-state index contributed by atoms with van der Waals surface area (Å²) in [5.74, 6) is 3.06. The molecule has 32 heavy (non-hydrogen) atoms. The number of methoxy groups -OCH3 is 1. The first kappa shape index (κ1) is 21.5. The van der Waals surface area contributed by atoms with Crippen LogP contribution in [0.2, 0.25) is 0 Å². The minimum atomic E-state index is -0.463. The van der Waals surface area contributed by atoms with Gasteiger partial charge in [0.1, 0.15) is 28.6 Å². The van der Waals surface area contributed by atoms with Gasteiger partial charge in [0.05, 0.1) is 12.8 Å². The average molecular weight is 448 g/mol. The van der Waals surface area contributed by atoms with Crippen LogP contribution in [0.25, 0.3) is 5.70 Å². The lowest BCUT2D eigenvalue weighted by Crippen LogP contribution is -2.41. The fraction of sp³-hybridized carbons (Fsp3) is 0.160. The molecule has 0 fully saturated rings. The van der Waals surface area contributed by atoms with Gasteiger partial charge in [0.25, 0.3) is 0 Å². The van der Waals surface area contributed by atoms with Crippen molar-refractivity contribution in [3.8, 4) is 23.0 Å². The van der Waals surface area contributed by atoms with E-state index in [0.29, 0.717) is 5.11 Å². The van der Waals surface area contributed by atoms with Crippen molar-refractivity contribution in [1.82, 2.24) is 10.9 Å². The zero-order valence-electron chi connectivity index (χ0n) is 18.1. The van der Waals surface area contributed by atoms with E-state index in [2.05, 4.69) is 16.2 Å². The lowest BCUT2D eigenvalue weighted by atomic mass is 9.99. The molecule has 164 valence electrons. The molecule has 1 aliphatic heterocycles. The van der Waals surface area contributed by atoms with E-state index in [9.17, 15) is 0 Å². The second kappa shape index (κ2) is 9.20. The molecular weight excluding hydrogens is 422 g/mol. The Morgan fingerprint density at radius 3 is 2.31 bits per heavy atom. The molecule has 3 aromatic carbocycles. The van der Waals surface area contributed by atoms with Crippen molar-refractivity contribution < 1.29 is 14.2 Å². The molecule has 0 saturated heterocycles. The standard InChI is InChI=1S/C25H25N3O3S/c1-25(2)16-22(21-15-20(29-3)13-14-23(21)31-25)27-28-24(32)26-17-9-11-19(12-10-17)30-18-7-5-4-6-8-18/h4-16,27H,1-3H3,(H2,26,28,32). The third-order valence-electron chi connectivity index (χ3n) is 4.74. The molecular formula is C25H25N3O3S. The summed E-state index contributed by atoms with van der Waals surface area (Å²) in [7, 11) is 1.64. The molecule has 4 rings (SSSR count). The summed E-state index contributed by atoms with van der Waals surface area (Å²) in [5, 5.41) is 3.59. The number of ether oxygens (including phenoxy) is 3. The fourth-order valence-corrected chi connectivity index (χ4v) is 3.46. The molecule has 6 nitrogen and oxygen atoms in total. The quantitative estimate of drug-likeness (QED) is 0.341. The molecule has 0 amide bonds. The van der Waals surface area contributed by atoms with Crippen LogP contribution in [-0.4, -0.2) is 17.8 Å². The van der Waals surface area contributed by atoms with Gasteiger partial charge in [0.15, 0.2) is 5.11 Å². The number of fused-ring (bicyclic) bond motifs is 1. The second-order valence-corrected chi connectivity index (χ2v) is 8.18. The third-order valence-corrected chi connectivity index (χ3v) is 4.95. The summed E-state index contributed by atoms with van der Waals surface area (Å²) in [6, 6.07) is 22.9. The van der Waals surface area contributed by atoms with Crippen LogP contribution in [0.3, 0.4) is 0 Å². The topological polar surface area (TPSA) is 63.8 Å². The molecule has 3 aromatic rings. The number of benzene rings is 3. The molecule has 0 aliphatic carbocycles. The van der Waals surface area contributed by atoms with Gasteiger partial charge >= 0.3 is 0 Å². The van der Waals surface area contributed by atoms with Gasteiger partial charge in [-0.1, -0.05) is 18.2 Å². The van der Waals surface area contributed by atoms with Crippen LogP contribution in [0.1, 0.15) is 19.4 Å². The van der Waals surface area contributed by atoms with Crippen LogP contribution in [-0.2, 0) is 0 Å². The number of para-hydroxylation sites is 1. The number of nitrogens with one attached hydrogen (secondary N) is 3. The van der Waals surface area contributed by atoms with E-state index in [-0.39, 0.29) is 0 Å². The van der Waals surface area contributed by atoms with Crippen LogP contribution in [0.5, 0.6) is 23.0 Å². The predicted octanol–water partition coefficient (Wildman–Crippen LogP) is 5.49. The van der Waals surface area contributed by atoms with Crippen molar-refractivity contribution in [2.75, 3.05) is 12.4 Å². The lowest BCUT2D eigenvalue weighted by molar-refractivity contribution is 0.157. The summed E-state index contributed by atoms with van der Waals surface area (Å²) < 4.78 is 17.2. The minimum Gasteiger partial charge on any atom is -0.497 e. The normalized spacial score (nSPS) is 13.7. The Kier molecular flexibility index (Phi) is 6.18. The Hall–Kier alpha value is -3.71. The van der Waals surface area contributed by atoms with Crippen molar-refractivity contribution in [2.24, 2.45) is 0 Å². The number of thiocarbonyl (C=S) groups is 1. The van der Waals surface area contributed by atoms with Gasteiger partial charge in [-0.15, -0.1) is 0 Å². The van der Waals surface area contributed by atoms with Gasteiger partial charge in [0.2, 0.25) is 0 Å². The number of anilines is 1. The highest BCUT2D eigenvalue weighted by Gasteiger charge is 2.27. The summed E-state index contributed by atoms with van der Waals surface area (Å²) in [6.45, 7) is 4.00. The molecule has 1 heterocycles. The molecule has 3 N–H and O–H groups in total. The van der Waals surface area contributed by atoms with Crippen LogP contribution in [0.15, 0.2) is 78.9 Å². The Morgan fingerprint density at radius 2 is 1.59 bits per heavy atom.